The summed E-state index contributed by atoms with van der Waals surface area (Å²) in [5, 5.41) is 12.6. The minimum atomic E-state index is 0.890. The number of nitrogens with zero attached hydrogens (tertiary/aromatic N) is 1. The van der Waals surface area contributed by atoms with Crippen LogP contribution in [-0.4, -0.2) is 16.4 Å². The minimum absolute atomic E-state index is 0.890. The molecule has 2 N–H and O–H groups in total. The Labute approximate surface area is 89.6 Å². The van der Waals surface area contributed by atoms with Gasteiger partial charge in [0.15, 0.2) is 0 Å². The third-order valence-electron chi connectivity index (χ3n) is 2.22. The standard InChI is InChI=1S/C10H9BrN2O/c1-6-2-3-8(11)10-9(6)7(4-12-10)5-13-14/h2-5,12,14H,1H3/b13-5+. The van der Waals surface area contributed by atoms with Gasteiger partial charge in [0.05, 0.1) is 11.7 Å². The summed E-state index contributed by atoms with van der Waals surface area (Å²) < 4.78 is 1.01. The number of hydrogen-bond donors (Lipinski definition) is 2. The van der Waals surface area contributed by atoms with Crippen LogP contribution in [0.1, 0.15) is 11.1 Å². The van der Waals surface area contributed by atoms with Crippen molar-refractivity contribution in [2.45, 2.75) is 6.92 Å². The smallest absolute Gasteiger partial charge is 0.0755 e. The number of nitrogens with one attached hydrogen (secondary N) is 1. The Morgan fingerprint density at radius 1 is 1.50 bits per heavy atom. The number of hydrogen-bond acceptors (Lipinski definition) is 2. The molecule has 0 aliphatic heterocycles. The van der Waals surface area contributed by atoms with Gasteiger partial charge in [-0.2, -0.15) is 0 Å². The number of halogens is 1. The number of rotatable bonds is 1. The topological polar surface area (TPSA) is 48.4 Å². The van der Waals surface area contributed by atoms with Crippen molar-refractivity contribution in [3.63, 3.8) is 0 Å². The lowest BCUT2D eigenvalue weighted by Gasteiger charge is -1.99. The second-order valence-electron chi connectivity index (χ2n) is 3.10. The molecular formula is C10H9BrN2O. The zero-order valence-corrected chi connectivity index (χ0v) is 9.17. The van der Waals surface area contributed by atoms with Gasteiger partial charge < -0.3 is 10.2 Å². The second-order valence-corrected chi connectivity index (χ2v) is 3.96. The number of benzene rings is 1. The van der Waals surface area contributed by atoms with Gasteiger partial charge >= 0.3 is 0 Å². The van der Waals surface area contributed by atoms with Gasteiger partial charge in [0.25, 0.3) is 0 Å². The quantitative estimate of drug-likeness (QED) is 0.458. The Hall–Kier alpha value is -1.29. The fourth-order valence-corrected chi connectivity index (χ4v) is 2.03. The summed E-state index contributed by atoms with van der Waals surface area (Å²) in [5.41, 5.74) is 3.07. The van der Waals surface area contributed by atoms with Crippen molar-refractivity contribution < 1.29 is 5.21 Å². The van der Waals surface area contributed by atoms with Gasteiger partial charge in [-0.3, -0.25) is 0 Å². The normalized spacial score (nSPS) is 11.6. The van der Waals surface area contributed by atoms with Crippen molar-refractivity contribution in [1.82, 2.24) is 4.98 Å². The van der Waals surface area contributed by atoms with E-state index in [4.69, 9.17) is 5.21 Å². The van der Waals surface area contributed by atoms with Crippen LogP contribution in [0, 0.1) is 6.92 Å². The Kier molecular flexibility index (Phi) is 2.29. The molecular weight excluding hydrogens is 244 g/mol. The molecule has 72 valence electrons. The molecule has 3 nitrogen and oxygen atoms in total. The molecule has 0 aliphatic carbocycles. The van der Waals surface area contributed by atoms with Crippen LogP contribution >= 0.6 is 15.9 Å². The van der Waals surface area contributed by atoms with Crippen molar-refractivity contribution in [3.05, 3.63) is 33.9 Å². The molecule has 0 bridgehead atoms. The lowest BCUT2D eigenvalue weighted by molar-refractivity contribution is 0.322. The zero-order chi connectivity index (χ0) is 10.1. The van der Waals surface area contributed by atoms with Crippen LogP contribution in [0.3, 0.4) is 0 Å². The van der Waals surface area contributed by atoms with Crippen LogP contribution in [0.15, 0.2) is 28.0 Å². The molecule has 0 unspecified atom stereocenters. The molecule has 2 rings (SSSR count). The Morgan fingerprint density at radius 2 is 2.29 bits per heavy atom. The van der Waals surface area contributed by atoms with E-state index in [2.05, 4.69) is 26.1 Å². The van der Waals surface area contributed by atoms with Gasteiger partial charge in [0.2, 0.25) is 0 Å². The van der Waals surface area contributed by atoms with Crippen LogP contribution in [0.5, 0.6) is 0 Å². The maximum absolute atomic E-state index is 8.50. The Morgan fingerprint density at radius 3 is 3.00 bits per heavy atom. The summed E-state index contributed by atoms with van der Waals surface area (Å²) in [6.45, 7) is 2.03. The lowest BCUT2D eigenvalue weighted by atomic mass is 10.1. The Balaban J connectivity index is 2.83. The van der Waals surface area contributed by atoms with Crippen molar-refractivity contribution >= 4 is 33.0 Å². The summed E-state index contributed by atoms with van der Waals surface area (Å²) in [5.74, 6) is 0. The molecule has 0 saturated heterocycles. The molecule has 1 aromatic heterocycles. The zero-order valence-electron chi connectivity index (χ0n) is 7.58. The molecule has 4 heteroatoms. The number of aromatic amines is 1. The van der Waals surface area contributed by atoms with Gasteiger partial charge in [0.1, 0.15) is 0 Å². The van der Waals surface area contributed by atoms with Crippen LogP contribution in [0.2, 0.25) is 0 Å². The van der Waals surface area contributed by atoms with E-state index in [1.165, 1.54) is 6.21 Å². The average Bonchev–Trinajstić information content (AvgIpc) is 2.58. The monoisotopic (exact) mass is 252 g/mol. The summed E-state index contributed by atoms with van der Waals surface area (Å²) in [4.78, 5) is 3.13. The Bertz CT molecular complexity index is 502. The average molecular weight is 253 g/mol. The first kappa shape index (κ1) is 9.27. The van der Waals surface area contributed by atoms with E-state index in [9.17, 15) is 0 Å². The second kappa shape index (κ2) is 3.46. The third kappa shape index (κ3) is 1.32. The molecule has 1 aromatic carbocycles. The van der Waals surface area contributed by atoms with E-state index in [-0.39, 0.29) is 0 Å². The molecule has 2 aromatic rings. The largest absolute Gasteiger partial charge is 0.411 e. The number of fused-ring (bicyclic) bond motifs is 1. The van der Waals surface area contributed by atoms with E-state index in [1.807, 2.05) is 25.3 Å². The van der Waals surface area contributed by atoms with E-state index in [1.54, 1.807) is 0 Å². The minimum Gasteiger partial charge on any atom is -0.411 e. The summed E-state index contributed by atoms with van der Waals surface area (Å²) in [6, 6.07) is 4.02. The molecule has 0 atom stereocenters. The summed E-state index contributed by atoms with van der Waals surface area (Å²) >= 11 is 3.46. The highest BCUT2D eigenvalue weighted by Gasteiger charge is 2.07. The van der Waals surface area contributed by atoms with Gasteiger partial charge in [-0.25, -0.2) is 0 Å². The first-order chi connectivity index (χ1) is 6.74. The van der Waals surface area contributed by atoms with Gasteiger partial charge in [-0.1, -0.05) is 11.2 Å². The molecule has 0 radical (unpaired) electrons. The van der Waals surface area contributed by atoms with E-state index in [0.717, 1.165) is 26.5 Å². The third-order valence-corrected chi connectivity index (χ3v) is 2.88. The highest BCUT2D eigenvalue weighted by molar-refractivity contribution is 9.10. The van der Waals surface area contributed by atoms with Crippen LogP contribution in [-0.2, 0) is 0 Å². The van der Waals surface area contributed by atoms with E-state index >= 15 is 0 Å². The molecule has 0 amide bonds. The summed E-state index contributed by atoms with van der Waals surface area (Å²) in [6.07, 6.45) is 3.25. The van der Waals surface area contributed by atoms with Gasteiger partial charge in [-0.15, -0.1) is 0 Å². The molecule has 0 spiro atoms. The highest BCUT2D eigenvalue weighted by atomic mass is 79.9. The summed E-state index contributed by atoms with van der Waals surface area (Å²) in [7, 11) is 0. The van der Waals surface area contributed by atoms with Crippen molar-refractivity contribution in [2.24, 2.45) is 5.16 Å². The maximum Gasteiger partial charge on any atom is 0.0755 e. The predicted molar refractivity (Wildman–Crippen MR) is 60.1 cm³/mol. The first-order valence-corrected chi connectivity index (χ1v) is 4.97. The molecule has 1 heterocycles. The van der Waals surface area contributed by atoms with Crippen molar-refractivity contribution in [1.29, 1.82) is 0 Å². The predicted octanol–water partition coefficient (Wildman–Crippen LogP) is 3.05. The van der Waals surface area contributed by atoms with E-state index < -0.39 is 0 Å². The van der Waals surface area contributed by atoms with Crippen LogP contribution < -0.4 is 0 Å². The van der Waals surface area contributed by atoms with Crippen molar-refractivity contribution in [2.75, 3.05) is 0 Å². The van der Waals surface area contributed by atoms with Crippen molar-refractivity contribution in [3.8, 4) is 0 Å². The molecule has 0 fully saturated rings. The number of aryl methyl sites for hydroxylation is 1. The number of H-pyrrole nitrogens is 1. The fourth-order valence-electron chi connectivity index (χ4n) is 1.58. The molecule has 0 aliphatic rings. The first-order valence-electron chi connectivity index (χ1n) is 4.17. The maximum atomic E-state index is 8.50. The molecule has 14 heavy (non-hydrogen) atoms. The van der Waals surface area contributed by atoms with Gasteiger partial charge in [0, 0.05) is 21.6 Å². The van der Waals surface area contributed by atoms with E-state index in [0.29, 0.717) is 0 Å². The number of oxime groups is 1. The van der Waals surface area contributed by atoms with Crippen LogP contribution in [0.25, 0.3) is 10.9 Å². The van der Waals surface area contributed by atoms with Gasteiger partial charge in [-0.05, 0) is 34.5 Å². The molecule has 0 saturated carbocycles. The lowest BCUT2D eigenvalue weighted by Crippen LogP contribution is -1.81. The highest BCUT2D eigenvalue weighted by Crippen LogP contribution is 2.27. The number of aromatic nitrogens is 1. The SMILES string of the molecule is Cc1ccc(Br)c2[nH]cc(/C=N/O)c12. The van der Waals surface area contributed by atoms with Crippen LogP contribution in [0.4, 0.5) is 0 Å². The fraction of sp³-hybridized carbons (Fsp3) is 0.100.